The molecule has 2 aromatic rings. The molecular formula is C25H35Cl2F3N6O5S. The summed E-state index contributed by atoms with van der Waals surface area (Å²) in [5.74, 6) is -0.518. The van der Waals surface area contributed by atoms with Gasteiger partial charge in [-0.3, -0.25) is 10.0 Å². The van der Waals surface area contributed by atoms with Crippen molar-refractivity contribution >= 4 is 52.4 Å². The first-order valence-electron chi connectivity index (χ1n) is 13.1. The number of benzene rings is 1. The molecule has 1 aromatic carbocycles. The number of halogens is 5. The fraction of sp³-hybridized carbons (Fsp3) is 0.560. The van der Waals surface area contributed by atoms with Crippen LogP contribution in [0.3, 0.4) is 0 Å². The highest BCUT2D eigenvalue weighted by Gasteiger charge is 2.55. The van der Waals surface area contributed by atoms with Crippen LogP contribution in [0.2, 0.25) is 0 Å². The Hall–Kier alpha value is -2.59. The lowest BCUT2D eigenvalue weighted by molar-refractivity contribution is -0.141. The van der Waals surface area contributed by atoms with Crippen molar-refractivity contribution in [1.82, 2.24) is 19.8 Å². The standard InChI is InChI=1S/C25H33F3N6O5S.2ClH/c1-2-3-18-39-20-6-4-19(5-7-20)32-14-16-34(17-15-32)40(37,38)24(22(35)31-36)9-12-33(13-10-24)23-29-11-8-21(30-23)25(26,27)28;;/h4-8,11,36H,2-3,9-10,12-18H2,1H3,(H,31,35);2*1H. The Bertz CT molecular complexity index is 1270. The van der Waals surface area contributed by atoms with Crippen LogP contribution in [0.25, 0.3) is 0 Å². The predicted molar refractivity (Wildman–Crippen MR) is 155 cm³/mol. The third-order valence-corrected chi connectivity index (χ3v) is 9.97. The van der Waals surface area contributed by atoms with E-state index in [4.69, 9.17) is 4.74 Å². The number of nitrogens with zero attached hydrogens (tertiary/aromatic N) is 5. The number of anilines is 2. The van der Waals surface area contributed by atoms with Gasteiger partial charge in [0.05, 0.1) is 6.61 Å². The predicted octanol–water partition coefficient (Wildman–Crippen LogP) is 3.51. The van der Waals surface area contributed by atoms with Gasteiger partial charge in [-0.05, 0) is 49.6 Å². The first kappa shape index (κ1) is 35.6. The van der Waals surface area contributed by atoms with Crippen molar-refractivity contribution in [2.75, 3.05) is 55.7 Å². The van der Waals surface area contributed by atoms with E-state index in [0.717, 1.165) is 36.5 Å². The van der Waals surface area contributed by atoms with Crippen molar-refractivity contribution in [3.8, 4) is 5.75 Å². The quantitative estimate of drug-likeness (QED) is 0.236. The Morgan fingerprint density at radius 3 is 2.19 bits per heavy atom. The summed E-state index contributed by atoms with van der Waals surface area (Å²) in [5, 5.41) is 9.44. The normalized spacial score (nSPS) is 17.5. The van der Waals surface area contributed by atoms with Crippen molar-refractivity contribution in [3.63, 3.8) is 0 Å². The lowest BCUT2D eigenvalue weighted by Crippen LogP contribution is -2.63. The molecule has 0 spiro atoms. The smallest absolute Gasteiger partial charge is 0.433 e. The van der Waals surface area contributed by atoms with E-state index in [1.165, 1.54) is 14.7 Å². The number of ether oxygens (including phenoxy) is 1. The Kier molecular flexibility index (Phi) is 12.5. The van der Waals surface area contributed by atoms with Gasteiger partial charge in [-0.15, -0.1) is 24.8 Å². The zero-order chi connectivity index (χ0) is 29.0. The average Bonchev–Trinajstić information content (AvgIpc) is 2.97. The number of hydroxylamine groups is 1. The summed E-state index contributed by atoms with van der Waals surface area (Å²) in [6, 6.07) is 8.32. The minimum absolute atomic E-state index is 0. The number of sulfonamides is 1. The number of carbonyl (C=O) groups is 1. The molecule has 2 N–H and O–H groups in total. The molecule has 0 atom stereocenters. The van der Waals surface area contributed by atoms with Crippen molar-refractivity contribution < 1.29 is 36.3 Å². The molecule has 4 rings (SSSR count). The van der Waals surface area contributed by atoms with E-state index >= 15 is 0 Å². The molecule has 2 saturated heterocycles. The second-order valence-corrected chi connectivity index (χ2v) is 12.0. The second kappa shape index (κ2) is 14.7. The molecule has 11 nitrogen and oxygen atoms in total. The summed E-state index contributed by atoms with van der Waals surface area (Å²) in [6.45, 7) is 3.55. The minimum Gasteiger partial charge on any atom is -0.494 e. The molecule has 0 saturated carbocycles. The van der Waals surface area contributed by atoms with Crippen LogP contribution in [-0.4, -0.2) is 84.4 Å². The number of piperidine rings is 1. The lowest BCUT2D eigenvalue weighted by Gasteiger charge is -2.44. The molecular weight excluding hydrogens is 624 g/mol. The highest BCUT2D eigenvalue weighted by molar-refractivity contribution is 7.91. The zero-order valence-electron chi connectivity index (χ0n) is 22.9. The van der Waals surface area contributed by atoms with Crippen LogP contribution in [-0.2, 0) is 21.0 Å². The maximum absolute atomic E-state index is 13.8. The highest BCUT2D eigenvalue weighted by atomic mass is 35.5. The number of piperazine rings is 1. The van der Waals surface area contributed by atoms with Crippen LogP contribution in [0.15, 0.2) is 36.5 Å². The van der Waals surface area contributed by atoms with E-state index in [2.05, 4.69) is 16.9 Å². The monoisotopic (exact) mass is 658 g/mol. The zero-order valence-corrected chi connectivity index (χ0v) is 25.4. The van der Waals surface area contributed by atoms with Crippen LogP contribution in [0, 0.1) is 0 Å². The highest BCUT2D eigenvalue weighted by Crippen LogP contribution is 2.36. The molecule has 1 aromatic heterocycles. The van der Waals surface area contributed by atoms with Gasteiger partial charge >= 0.3 is 6.18 Å². The number of amides is 1. The minimum atomic E-state index is -4.66. The molecule has 236 valence electrons. The molecule has 17 heteroatoms. The van der Waals surface area contributed by atoms with Crippen LogP contribution in [0.5, 0.6) is 5.75 Å². The third-order valence-electron chi connectivity index (χ3n) is 7.34. The van der Waals surface area contributed by atoms with E-state index in [9.17, 15) is 31.6 Å². The van der Waals surface area contributed by atoms with Crippen LogP contribution < -0.4 is 20.0 Å². The molecule has 2 aliphatic rings. The molecule has 0 aliphatic carbocycles. The SMILES string of the molecule is CCCCOc1ccc(N2CCN(S(=O)(=O)C3(C(=O)NO)CCN(c4nccc(C(F)(F)F)n4)CC3)CC2)cc1.Cl.Cl. The molecule has 2 fully saturated rings. The molecule has 3 heterocycles. The number of unbranched alkanes of at least 4 members (excludes halogenated alkanes) is 1. The van der Waals surface area contributed by atoms with Gasteiger partial charge in [0.25, 0.3) is 5.91 Å². The summed E-state index contributed by atoms with van der Waals surface area (Å²) in [4.78, 5) is 23.7. The number of rotatable bonds is 9. The Morgan fingerprint density at radius 1 is 1.02 bits per heavy atom. The van der Waals surface area contributed by atoms with Crippen LogP contribution in [0.1, 0.15) is 38.3 Å². The Morgan fingerprint density at radius 2 is 1.64 bits per heavy atom. The lowest BCUT2D eigenvalue weighted by atomic mass is 9.95. The maximum atomic E-state index is 13.8. The fourth-order valence-corrected chi connectivity index (χ4v) is 7.07. The summed E-state index contributed by atoms with van der Waals surface area (Å²) in [7, 11) is -4.25. The van der Waals surface area contributed by atoms with Gasteiger partial charge in [0.15, 0.2) is 4.75 Å². The number of alkyl halides is 3. The van der Waals surface area contributed by atoms with Crippen molar-refractivity contribution in [3.05, 3.63) is 42.2 Å². The summed E-state index contributed by atoms with van der Waals surface area (Å²) in [6.07, 6.45) is -2.21. The van der Waals surface area contributed by atoms with E-state index < -0.39 is 32.5 Å². The molecule has 0 bridgehead atoms. The molecule has 2 aliphatic heterocycles. The van der Waals surface area contributed by atoms with Crippen molar-refractivity contribution in [2.24, 2.45) is 0 Å². The third kappa shape index (κ3) is 7.48. The van der Waals surface area contributed by atoms with Crippen molar-refractivity contribution in [1.29, 1.82) is 0 Å². The summed E-state index contributed by atoms with van der Waals surface area (Å²) >= 11 is 0. The Labute approximate surface area is 255 Å². The van der Waals surface area contributed by atoms with Crippen LogP contribution in [0.4, 0.5) is 24.8 Å². The van der Waals surface area contributed by atoms with Crippen molar-refractivity contribution in [2.45, 2.75) is 43.5 Å². The average molecular weight is 660 g/mol. The van der Waals surface area contributed by atoms with Gasteiger partial charge < -0.3 is 14.5 Å². The fourth-order valence-electron chi connectivity index (χ4n) is 4.95. The largest absolute Gasteiger partial charge is 0.494 e. The van der Waals surface area contributed by atoms with Gasteiger partial charge in [-0.25, -0.2) is 23.9 Å². The molecule has 42 heavy (non-hydrogen) atoms. The molecule has 0 unspecified atom stereocenters. The van der Waals surface area contributed by atoms with Gasteiger partial charge in [0.2, 0.25) is 16.0 Å². The second-order valence-electron chi connectivity index (χ2n) is 9.75. The van der Waals surface area contributed by atoms with E-state index in [-0.39, 0.29) is 69.8 Å². The van der Waals surface area contributed by atoms with Gasteiger partial charge in [-0.2, -0.15) is 17.5 Å². The first-order chi connectivity index (χ1) is 19.0. The maximum Gasteiger partial charge on any atom is 0.433 e. The number of nitrogens with one attached hydrogen (secondary N) is 1. The van der Waals surface area contributed by atoms with E-state index in [0.29, 0.717) is 19.7 Å². The summed E-state index contributed by atoms with van der Waals surface area (Å²) in [5.41, 5.74) is 1.29. The van der Waals surface area contributed by atoms with Crippen LogP contribution >= 0.6 is 24.8 Å². The first-order valence-corrected chi connectivity index (χ1v) is 14.5. The summed E-state index contributed by atoms with van der Waals surface area (Å²) < 4.78 is 71.9. The van der Waals surface area contributed by atoms with Gasteiger partial charge in [-0.1, -0.05) is 13.3 Å². The number of hydrogen-bond acceptors (Lipinski definition) is 9. The number of carbonyl (C=O) groups excluding carboxylic acids is 1. The number of hydrogen-bond donors (Lipinski definition) is 2. The van der Waals surface area contributed by atoms with E-state index in [1.54, 1.807) is 0 Å². The van der Waals surface area contributed by atoms with Gasteiger partial charge in [0.1, 0.15) is 11.4 Å². The number of aromatic nitrogens is 2. The Balaban J connectivity index is 0.00000308. The molecule has 0 radical (unpaired) electrons. The van der Waals surface area contributed by atoms with Gasteiger partial charge in [0, 0.05) is 51.2 Å². The molecule has 1 amide bonds. The van der Waals surface area contributed by atoms with E-state index in [1.807, 2.05) is 29.2 Å². The topological polar surface area (TPSA) is 128 Å².